The molecule has 3 nitrogen and oxygen atoms in total. The van der Waals surface area contributed by atoms with Crippen molar-refractivity contribution in [3.8, 4) is 0 Å². The smallest absolute Gasteiger partial charge is 0.250 e. The second-order valence-corrected chi connectivity index (χ2v) is 5.93. The van der Waals surface area contributed by atoms with Crippen molar-refractivity contribution in [3.63, 3.8) is 0 Å². The Balaban J connectivity index is 1.96. The Labute approximate surface area is 146 Å². The second-order valence-electron chi connectivity index (χ2n) is 5.12. The number of anilines is 1. The Bertz CT molecular complexity index is 771. The summed E-state index contributed by atoms with van der Waals surface area (Å²) in [5.74, 6) is -0.312. The van der Waals surface area contributed by atoms with Gasteiger partial charge in [-0.25, -0.2) is 0 Å². The van der Waals surface area contributed by atoms with Gasteiger partial charge in [0.15, 0.2) is 5.11 Å². The highest BCUT2D eigenvalue weighted by Crippen LogP contribution is 2.17. The molecule has 1 amide bonds. The lowest BCUT2D eigenvalue weighted by Crippen LogP contribution is -2.33. The molecule has 0 aromatic heterocycles. The highest BCUT2D eigenvalue weighted by atomic mass is 35.5. The van der Waals surface area contributed by atoms with Gasteiger partial charge in [0.1, 0.15) is 0 Å². The van der Waals surface area contributed by atoms with E-state index in [4.69, 9.17) is 23.8 Å². The van der Waals surface area contributed by atoms with Crippen LogP contribution in [0.4, 0.5) is 5.69 Å². The third-order valence-electron chi connectivity index (χ3n) is 3.20. The molecule has 0 radical (unpaired) electrons. The molecule has 2 N–H and O–H groups in total. The summed E-state index contributed by atoms with van der Waals surface area (Å²) in [4.78, 5) is 11.9. The fourth-order valence-electron chi connectivity index (χ4n) is 1.95. The van der Waals surface area contributed by atoms with Gasteiger partial charge >= 0.3 is 0 Å². The summed E-state index contributed by atoms with van der Waals surface area (Å²) < 4.78 is 0. The zero-order chi connectivity index (χ0) is 16.8. The van der Waals surface area contributed by atoms with Crippen LogP contribution in [0.2, 0.25) is 5.02 Å². The number of halogens is 1. The van der Waals surface area contributed by atoms with Gasteiger partial charge in [-0.1, -0.05) is 41.9 Å². The molecular formula is C18H17ClN2OS. The van der Waals surface area contributed by atoms with Gasteiger partial charge < -0.3 is 5.32 Å². The standard InChI is InChI=1S/C18H17ClN2OS/c1-12-7-8-13(2)16(11-12)20-18(23)21-17(22)10-9-14-5-3-4-6-15(14)19/h3-11H,1-2H3,(H2,20,21,22,23)/b10-9+. The summed E-state index contributed by atoms with van der Waals surface area (Å²) in [5, 5.41) is 6.49. The van der Waals surface area contributed by atoms with E-state index in [1.165, 1.54) is 6.08 Å². The molecule has 0 heterocycles. The first kappa shape index (κ1) is 17.2. The lowest BCUT2D eigenvalue weighted by atomic mass is 10.1. The molecule has 2 rings (SSSR count). The molecule has 23 heavy (non-hydrogen) atoms. The van der Waals surface area contributed by atoms with E-state index >= 15 is 0 Å². The highest BCUT2D eigenvalue weighted by Gasteiger charge is 2.04. The van der Waals surface area contributed by atoms with E-state index in [1.54, 1.807) is 12.1 Å². The summed E-state index contributed by atoms with van der Waals surface area (Å²) in [6.07, 6.45) is 3.05. The van der Waals surface area contributed by atoms with E-state index in [1.807, 2.05) is 50.2 Å². The maximum absolute atomic E-state index is 11.9. The SMILES string of the molecule is Cc1ccc(C)c(NC(=S)NC(=O)/C=C/c2ccccc2Cl)c1. The van der Waals surface area contributed by atoms with E-state index in [0.29, 0.717) is 5.02 Å². The normalized spacial score (nSPS) is 10.6. The van der Waals surface area contributed by atoms with Crippen LogP contribution in [0, 0.1) is 13.8 Å². The second kappa shape index (κ2) is 7.90. The first-order chi connectivity index (χ1) is 11.0. The predicted molar refractivity (Wildman–Crippen MR) is 101 cm³/mol. The van der Waals surface area contributed by atoms with Crippen LogP contribution in [0.25, 0.3) is 6.08 Å². The lowest BCUT2D eigenvalue weighted by Gasteiger charge is -2.11. The highest BCUT2D eigenvalue weighted by molar-refractivity contribution is 7.80. The number of nitrogens with one attached hydrogen (secondary N) is 2. The van der Waals surface area contributed by atoms with Crippen molar-refractivity contribution in [2.45, 2.75) is 13.8 Å². The molecule has 5 heteroatoms. The third-order valence-corrected chi connectivity index (χ3v) is 3.75. The number of rotatable bonds is 3. The van der Waals surface area contributed by atoms with Crippen molar-refractivity contribution >= 4 is 46.6 Å². The van der Waals surface area contributed by atoms with Gasteiger partial charge in [-0.15, -0.1) is 0 Å². The Morgan fingerprint density at radius 1 is 1.17 bits per heavy atom. The van der Waals surface area contributed by atoms with E-state index in [9.17, 15) is 4.79 Å². The van der Waals surface area contributed by atoms with Crippen LogP contribution < -0.4 is 10.6 Å². The van der Waals surface area contributed by atoms with E-state index in [2.05, 4.69) is 10.6 Å². The topological polar surface area (TPSA) is 41.1 Å². The van der Waals surface area contributed by atoms with Crippen LogP contribution in [-0.2, 0) is 4.79 Å². The van der Waals surface area contributed by atoms with Gasteiger partial charge in [-0.2, -0.15) is 0 Å². The largest absolute Gasteiger partial charge is 0.332 e. The molecule has 0 aliphatic carbocycles. The van der Waals surface area contributed by atoms with Crippen LogP contribution in [0.5, 0.6) is 0 Å². The zero-order valence-corrected chi connectivity index (χ0v) is 14.5. The summed E-state index contributed by atoms with van der Waals surface area (Å²) in [7, 11) is 0. The average Bonchev–Trinajstić information content (AvgIpc) is 2.50. The Morgan fingerprint density at radius 3 is 2.65 bits per heavy atom. The first-order valence-electron chi connectivity index (χ1n) is 7.07. The minimum Gasteiger partial charge on any atom is -0.332 e. The molecule has 0 spiro atoms. The number of carbonyl (C=O) groups is 1. The predicted octanol–water partition coefficient (Wildman–Crippen LogP) is 4.48. The first-order valence-corrected chi connectivity index (χ1v) is 7.86. The molecule has 0 aliphatic heterocycles. The van der Waals surface area contributed by atoms with Crippen molar-refractivity contribution in [3.05, 3.63) is 70.3 Å². The molecular weight excluding hydrogens is 328 g/mol. The minimum atomic E-state index is -0.312. The summed E-state index contributed by atoms with van der Waals surface area (Å²) >= 11 is 11.2. The number of hydrogen-bond acceptors (Lipinski definition) is 2. The van der Waals surface area contributed by atoms with Crippen LogP contribution >= 0.6 is 23.8 Å². The van der Waals surface area contributed by atoms with Crippen molar-refractivity contribution < 1.29 is 4.79 Å². The number of hydrogen-bond donors (Lipinski definition) is 2. The van der Waals surface area contributed by atoms with Crippen molar-refractivity contribution in [2.24, 2.45) is 0 Å². The number of amides is 1. The molecule has 0 saturated carbocycles. The molecule has 2 aromatic rings. The van der Waals surface area contributed by atoms with Gasteiger partial charge in [0.2, 0.25) is 5.91 Å². The van der Waals surface area contributed by atoms with E-state index in [0.717, 1.165) is 22.4 Å². The molecule has 0 bridgehead atoms. The summed E-state index contributed by atoms with van der Waals surface area (Å²) in [6, 6.07) is 13.3. The molecule has 2 aromatic carbocycles. The van der Waals surface area contributed by atoms with Gasteiger partial charge in [-0.05, 0) is 61.0 Å². The minimum absolute atomic E-state index is 0.257. The van der Waals surface area contributed by atoms with Crippen LogP contribution in [0.15, 0.2) is 48.5 Å². The molecule has 0 saturated heterocycles. The average molecular weight is 345 g/mol. The number of aryl methyl sites for hydroxylation is 2. The van der Waals surface area contributed by atoms with Crippen LogP contribution in [0.3, 0.4) is 0 Å². The molecule has 0 atom stereocenters. The Morgan fingerprint density at radius 2 is 1.91 bits per heavy atom. The van der Waals surface area contributed by atoms with E-state index in [-0.39, 0.29) is 11.0 Å². The van der Waals surface area contributed by atoms with Gasteiger partial charge in [0.05, 0.1) is 0 Å². The quantitative estimate of drug-likeness (QED) is 0.637. The lowest BCUT2D eigenvalue weighted by molar-refractivity contribution is -0.115. The van der Waals surface area contributed by atoms with Crippen molar-refractivity contribution in [2.75, 3.05) is 5.32 Å². The summed E-state index contributed by atoms with van der Waals surface area (Å²) in [5.41, 5.74) is 3.83. The monoisotopic (exact) mass is 344 g/mol. The summed E-state index contributed by atoms with van der Waals surface area (Å²) in [6.45, 7) is 3.97. The van der Waals surface area contributed by atoms with Gasteiger partial charge in [0.25, 0.3) is 0 Å². The molecule has 118 valence electrons. The van der Waals surface area contributed by atoms with Crippen LogP contribution in [-0.4, -0.2) is 11.0 Å². The number of benzene rings is 2. The van der Waals surface area contributed by atoms with E-state index < -0.39 is 0 Å². The fourth-order valence-corrected chi connectivity index (χ4v) is 2.36. The van der Waals surface area contributed by atoms with Gasteiger partial charge in [0, 0.05) is 16.8 Å². The number of carbonyl (C=O) groups excluding carboxylic acids is 1. The maximum atomic E-state index is 11.9. The third kappa shape index (κ3) is 5.20. The molecule has 0 aliphatic rings. The van der Waals surface area contributed by atoms with Crippen LogP contribution in [0.1, 0.15) is 16.7 Å². The Hall–Kier alpha value is -2.17. The maximum Gasteiger partial charge on any atom is 0.250 e. The number of thiocarbonyl (C=S) groups is 1. The Kier molecular flexibility index (Phi) is 5.90. The molecule has 0 unspecified atom stereocenters. The fraction of sp³-hybridized carbons (Fsp3) is 0.111. The van der Waals surface area contributed by atoms with Crippen molar-refractivity contribution in [1.82, 2.24) is 5.32 Å². The molecule has 0 fully saturated rings. The van der Waals surface area contributed by atoms with Crippen molar-refractivity contribution in [1.29, 1.82) is 0 Å². The zero-order valence-electron chi connectivity index (χ0n) is 12.9. The van der Waals surface area contributed by atoms with Gasteiger partial charge in [-0.3, -0.25) is 10.1 Å².